The normalized spacial score (nSPS) is 12.4. The molecule has 1 atom stereocenters. The maximum absolute atomic E-state index is 11.3. The van der Waals surface area contributed by atoms with Crippen LogP contribution in [-0.4, -0.2) is 23.9 Å². The maximum Gasteiger partial charge on any atom is 0.308 e. The number of ether oxygens (including phenoxy) is 1. The summed E-state index contributed by atoms with van der Waals surface area (Å²) in [4.78, 5) is 11.3. The number of nitrogens with one attached hydrogen (secondary N) is 2. The standard InChI is InChI=1S/C14H19N3O2S/c1-10(13(18)19-3)9-11(2)16-17-14(20)15-12-7-5-4-6-8-12/h4-8,10H,9H2,1-3H3,(H2,15,17,20)/b16-11+/t10-/m0/s1. The van der Waals surface area contributed by atoms with Crippen LogP contribution in [-0.2, 0) is 9.53 Å². The molecule has 1 rings (SSSR count). The number of esters is 1. The van der Waals surface area contributed by atoms with E-state index >= 15 is 0 Å². The van der Waals surface area contributed by atoms with Crippen LogP contribution in [0.2, 0.25) is 0 Å². The molecule has 0 unspecified atom stereocenters. The second-order valence-corrected chi connectivity index (χ2v) is 4.82. The largest absolute Gasteiger partial charge is 0.469 e. The molecule has 1 aromatic carbocycles. The van der Waals surface area contributed by atoms with Crippen molar-refractivity contribution in [3.05, 3.63) is 30.3 Å². The highest BCUT2D eigenvalue weighted by atomic mass is 32.1. The molecule has 0 fully saturated rings. The fraction of sp³-hybridized carbons (Fsp3) is 0.357. The van der Waals surface area contributed by atoms with E-state index in [0.29, 0.717) is 11.5 Å². The zero-order valence-electron chi connectivity index (χ0n) is 11.8. The van der Waals surface area contributed by atoms with Gasteiger partial charge >= 0.3 is 5.97 Å². The molecule has 0 spiro atoms. The topological polar surface area (TPSA) is 62.7 Å². The Morgan fingerprint density at radius 1 is 1.40 bits per heavy atom. The first kappa shape index (κ1) is 16.1. The first-order valence-corrected chi connectivity index (χ1v) is 6.66. The number of carbonyl (C=O) groups is 1. The van der Waals surface area contributed by atoms with Gasteiger partial charge in [0.05, 0.1) is 13.0 Å². The van der Waals surface area contributed by atoms with Gasteiger partial charge in [0.25, 0.3) is 0 Å². The van der Waals surface area contributed by atoms with Crippen LogP contribution in [0.4, 0.5) is 5.69 Å². The fourth-order valence-electron chi connectivity index (χ4n) is 1.60. The van der Waals surface area contributed by atoms with Crippen LogP contribution in [0.5, 0.6) is 0 Å². The van der Waals surface area contributed by atoms with Crippen molar-refractivity contribution in [2.75, 3.05) is 12.4 Å². The van der Waals surface area contributed by atoms with E-state index < -0.39 is 0 Å². The molecule has 2 N–H and O–H groups in total. The molecule has 0 bridgehead atoms. The molecule has 0 saturated carbocycles. The quantitative estimate of drug-likeness (QED) is 0.378. The number of hydrogen-bond acceptors (Lipinski definition) is 4. The monoisotopic (exact) mass is 293 g/mol. The Hall–Kier alpha value is -1.95. The number of methoxy groups -OCH3 is 1. The summed E-state index contributed by atoms with van der Waals surface area (Å²) in [6.45, 7) is 3.63. The van der Waals surface area contributed by atoms with Crippen LogP contribution in [0.3, 0.4) is 0 Å². The number of benzene rings is 1. The molecule has 6 heteroatoms. The van der Waals surface area contributed by atoms with Crippen LogP contribution in [0, 0.1) is 5.92 Å². The summed E-state index contributed by atoms with van der Waals surface area (Å²) in [6, 6.07) is 9.57. The third-order valence-electron chi connectivity index (χ3n) is 2.59. The van der Waals surface area contributed by atoms with E-state index in [1.54, 1.807) is 6.92 Å². The SMILES string of the molecule is COC(=O)[C@@H](C)C/C(C)=N/NC(=S)Nc1ccccc1. The number of nitrogens with zero attached hydrogens (tertiary/aromatic N) is 1. The number of anilines is 1. The summed E-state index contributed by atoms with van der Waals surface area (Å²) in [5.41, 5.74) is 4.42. The molecule has 20 heavy (non-hydrogen) atoms. The maximum atomic E-state index is 11.3. The van der Waals surface area contributed by atoms with Crippen molar-refractivity contribution in [1.82, 2.24) is 5.43 Å². The van der Waals surface area contributed by atoms with E-state index in [2.05, 4.69) is 20.6 Å². The summed E-state index contributed by atoms with van der Waals surface area (Å²) >= 11 is 5.12. The summed E-state index contributed by atoms with van der Waals surface area (Å²) in [5, 5.41) is 7.54. The van der Waals surface area contributed by atoms with Crippen molar-refractivity contribution < 1.29 is 9.53 Å². The molecule has 0 amide bonds. The Morgan fingerprint density at radius 2 is 2.05 bits per heavy atom. The molecule has 5 nitrogen and oxygen atoms in total. The molecule has 0 aliphatic carbocycles. The Bertz CT molecular complexity index is 488. The number of hydrazone groups is 1. The van der Waals surface area contributed by atoms with Crippen LogP contribution in [0.25, 0.3) is 0 Å². The van der Waals surface area contributed by atoms with Gasteiger partial charge in [-0.3, -0.25) is 10.2 Å². The molecular weight excluding hydrogens is 274 g/mol. The second kappa shape index (κ2) is 8.27. The van der Waals surface area contributed by atoms with E-state index in [9.17, 15) is 4.79 Å². The predicted molar refractivity (Wildman–Crippen MR) is 84.7 cm³/mol. The van der Waals surface area contributed by atoms with Gasteiger partial charge in [-0.1, -0.05) is 25.1 Å². The zero-order chi connectivity index (χ0) is 15.0. The lowest BCUT2D eigenvalue weighted by Gasteiger charge is -2.10. The average Bonchev–Trinajstić information content (AvgIpc) is 2.45. The third-order valence-corrected chi connectivity index (χ3v) is 2.78. The number of thiocarbonyl (C=S) groups is 1. The molecule has 1 aromatic rings. The van der Waals surface area contributed by atoms with Gasteiger partial charge in [0, 0.05) is 17.8 Å². The van der Waals surface area contributed by atoms with E-state index in [-0.39, 0.29) is 11.9 Å². The number of carbonyl (C=O) groups excluding carboxylic acids is 1. The number of hydrogen-bond donors (Lipinski definition) is 2. The van der Waals surface area contributed by atoms with Crippen molar-refractivity contribution in [3.63, 3.8) is 0 Å². The average molecular weight is 293 g/mol. The molecule has 0 aliphatic heterocycles. The molecule has 0 radical (unpaired) electrons. The number of para-hydroxylation sites is 1. The van der Waals surface area contributed by atoms with E-state index in [1.165, 1.54) is 7.11 Å². The fourth-order valence-corrected chi connectivity index (χ4v) is 1.76. The van der Waals surface area contributed by atoms with Crippen LogP contribution >= 0.6 is 12.2 Å². The van der Waals surface area contributed by atoms with Gasteiger partial charge in [-0.15, -0.1) is 0 Å². The summed E-state index contributed by atoms with van der Waals surface area (Å²) in [5.74, 6) is -0.467. The minimum absolute atomic E-state index is 0.221. The van der Waals surface area contributed by atoms with Crippen molar-refractivity contribution in [2.24, 2.45) is 11.0 Å². The van der Waals surface area contributed by atoms with Gasteiger partial charge in [-0.25, -0.2) is 0 Å². The van der Waals surface area contributed by atoms with E-state index in [4.69, 9.17) is 12.2 Å². The molecule has 0 aromatic heterocycles. The summed E-state index contributed by atoms with van der Waals surface area (Å²) < 4.78 is 4.67. The first-order chi connectivity index (χ1) is 9.52. The lowest BCUT2D eigenvalue weighted by atomic mass is 10.1. The molecule has 108 valence electrons. The van der Waals surface area contributed by atoms with Gasteiger partial charge in [0.1, 0.15) is 0 Å². The van der Waals surface area contributed by atoms with Gasteiger partial charge < -0.3 is 10.1 Å². The van der Waals surface area contributed by atoms with Gasteiger partial charge in [0.2, 0.25) is 0 Å². The smallest absolute Gasteiger partial charge is 0.308 e. The van der Waals surface area contributed by atoms with Crippen LogP contribution < -0.4 is 10.7 Å². The Balaban J connectivity index is 2.42. The molecular formula is C14H19N3O2S. The van der Waals surface area contributed by atoms with Crippen LogP contribution in [0.1, 0.15) is 20.3 Å². The minimum atomic E-state index is -0.246. The van der Waals surface area contributed by atoms with E-state index in [1.807, 2.05) is 37.3 Å². The van der Waals surface area contributed by atoms with Gasteiger partial charge in [-0.2, -0.15) is 5.10 Å². The van der Waals surface area contributed by atoms with Gasteiger partial charge in [0.15, 0.2) is 5.11 Å². The van der Waals surface area contributed by atoms with Crippen molar-refractivity contribution in [1.29, 1.82) is 0 Å². The summed E-state index contributed by atoms with van der Waals surface area (Å²) in [7, 11) is 1.38. The third kappa shape index (κ3) is 5.79. The van der Waals surface area contributed by atoms with Crippen molar-refractivity contribution in [2.45, 2.75) is 20.3 Å². The van der Waals surface area contributed by atoms with E-state index in [0.717, 1.165) is 11.4 Å². The van der Waals surface area contributed by atoms with Crippen LogP contribution in [0.15, 0.2) is 35.4 Å². The van der Waals surface area contributed by atoms with Crippen molar-refractivity contribution >= 4 is 34.7 Å². The van der Waals surface area contributed by atoms with Gasteiger partial charge in [-0.05, 0) is 31.3 Å². The Labute approximate surface area is 124 Å². The lowest BCUT2D eigenvalue weighted by Crippen LogP contribution is -2.25. The lowest BCUT2D eigenvalue weighted by molar-refractivity contribution is -0.144. The molecule has 0 aliphatic rings. The second-order valence-electron chi connectivity index (χ2n) is 4.41. The Kier molecular flexibility index (Phi) is 6.66. The molecule has 0 saturated heterocycles. The molecule has 0 heterocycles. The highest BCUT2D eigenvalue weighted by Crippen LogP contribution is 2.06. The predicted octanol–water partition coefficient (Wildman–Crippen LogP) is 2.55. The van der Waals surface area contributed by atoms with Crippen molar-refractivity contribution in [3.8, 4) is 0 Å². The highest BCUT2D eigenvalue weighted by molar-refractivity contribution is 7.80. The minimum Gasteiger partial charge on any atom is -0.469 e. The highest BCUT2D eigenvalue weighted by Gasteiger charge is 2.13. The Morgan fingerprint density at radius 3 is 2.65 bits per heavy atom. The first-order valence-electron chi connectivity index (χ1n) is 6.26. The zero-order valence-corrected chi connectivity index (χ0v) is 12.7. The number of rotatable bonds is 5. The summed E-state index contributed by atoms with van der Waals surface area (Å²) in [6.07, 6.45) is 0.521.